The van der Waals surface area contributed by atoms with E-state index in [0.717, 1.165) is 16.7 Å². The first-order valence-electron chi connectivity index (χ1n) is 11.6. The van der Waals surface area contributed by atoms with Crippen LogP contribution in [0.2, 0.25) is 0 Å². The highest BCUT2D eigenvalue weighted by Gasteiger charge is 2.10. The van der Waals surface area contributed by atoms with E-state index in [1.165, 1.54) is 5.56 Å². The van der Waals surface area contributed by atoms with Gasteiger partial charge in [0.2, 0.25) is 0 Å². The number of anilines is 1. The van der Waals surface area contributed by atoms with Gasteiger partial charge in [0.15, 0.2) is 0 Å². The van der Waals surface area contributed by atoms with Gasteiger partial charge in [-0.05, 0) is 66.1 Å². The van der Waals surface area contributed by atoms with Crippen molar-refractivity contribution in [2.45, 2.75) is 20.1 Å². The lowest BCUT2D eigenvalue weighted by Crippen LogP contribution is -2.13. The molecular formula is C31H26N2O3. The number of carbonyl (C=O) groups is 1. The SMILES string of the molecule is Cc1ccc(COc2ccc(NC(=O)/C(C#N)=C/c3ccc(OCc4ccccc4)cc3)cc2)cc1. The van der Waals surface area contributed by atoms with Crippen molar-refractivity contribution in [3.8, 4) is 17.6 Å². The van der Waals surface area contributed by atoms with Gasteiger partial charge in [0, 0.05) is 5.69 Å². The highest BCUT2D eigenvalue weighted by Crippen LogP contribution is 2.19. The summed E-state index contributed by atoms with van der Waals surface area (Å²) in [7, 11) is 0. The van der Waals surface area contributed by atoms with Gasteiger partial charge in [-0.15, -0.1) is 0 Å². The second kappa shape index (κ2) is 12.0. The number of ether oxygens (including phenoxy) is 2. The Morgan fingerprint density at radius 2 is 1.33 bits per heavy atom. The number of rotatable bonds is 9. The summed E-state index contributed by atoms with van der Waals surface area (Å²) in [5.74, 6) is 0.929. The van der Waals surface area contributed by atoms with Crippen LogP contribution in [-0.4, -0.2) is 5.91 Å². The molecule has 5 heteroatoms. The quantitative estimate of drug-likeness (QED) is 0.216. The Bertz CT molecular complexity index is 1350. The maximum absolute atomic E-state index is 12.6. The third-order valence-electron chi connectivity index (χ3n) is 5.44. The number of benzene rings is 4. The van der Waals surface area contributed by atoms with E-state index in [9.17, 15) is 10.1 Å². The van der Waals surface area contributed by atoms with Crippen LogP contribution in [0.5, 0.6) is 11.5 Å². The minimum absolute atomic E-state index is 0.00708. The monoisotopic (exact) mass is 474 g/mol. The van der Waals surface area contributed by atoms with Gasteiger partial charge in [-0.2, -0.15) is 5.26 Å². The fourth-order valence-electron chi connectivity index (χ4n) is 3.40. The number of nitriles is 1. The Labute approximate surface area is 211 Å². The second-order valence-corrected chi connectivity index (χ2v) is 8.27. The van der Waals surface area contributed by atoms with Gasteiger partial charge in [0.25, 0.3) is 5.91 Å². The van der Waals surface area contributed by atoms with Crippen molar-refractivity contribution in [1.82, 2.24) is 0 Å². The number of nitrogens with one attached hydrogen (secondary N) is 1. The van der Waals surface area contributed by atoms with Crippen LogP contribution in [0.3, 0.4) is 0 Å². The zero-order chi connectivity index (χ0) is 25.2. The van der Waals surface area contributed by atoms with E-state index in [4.69, 9.17) is 9.47 Å². The lowest BCUT2D eigenvalue weighted by molar-refractivity contribution is -0.112. The number of hydrogen-bond acceptors (Lipinski definition) is 4. The molecule has 0 bridgehead atoms. The summed E-state index contributed by atoms with van der Waals surface area (Å²) in [6.07, 6.45) is 1.55. The predicted octanol–water partition coefficient (Wildman–Crippen LogP) is 6.70. The van der Waals surface area contributed by atoms with E-state index in [0.29, 0.717) is 30.4 Å². The normalized spacial score (nSPS) is 10.8. The first-order valence-corrected chi connectivity index (χ1v) is 11.6. The molecule has 0 saturated carbocycles. The van der Waals surface area contributed by atoms with E-state index >= 15 is 0 Å². The minimum Gasteiger partial charge on any atom is -0.489 e. The summed E-state index contributed by atoms with van der Waals surface area (Å²) in [5, 5.41) is 12.3. The average Bonchev–Trinajstić information content (AvgIpc) is 2.92. The molecule has 0 aliphatic heterocycles. The first kappa shape index (κ1) is 24.3. The molecule has 0 saturated heterocycles. The van der Waals surface area contributed by atoms with E-state index in [1.807, 2.05) is 91.9 Å². The average molecular weight is 475 g/mol. The third kappa shape index (κ3) is 7.09. The molecule has 0 aromatic heterocycles. The van der Waals surface area contributed by atoms with E-state index < -0.39 is 5.91 Å². The Morgan fingerprint density at radius 1 is 0.778 bits per heavy atom. The summed E-state index contributed by atoms with van der Waals surface area (Å²) in [5.41, 5.74) is 4.68. The van der Waals surface area contributed by atoms with Crippen LogP contribution in [0, 0.1) is 18.3 Å². The van der Waals surface area contributed by atoms with E-state index in [-0.39, 0.29) is 5.57 Å². The van der Waals surface area contributed by atoms with E-state index in [1.54, 1.807) is 30.3 Å². The van der Waals surface area contributed by atoms with Gasteiger partial charge in [-0.25, -0.2) is 0 Å². The predicted molar refractivity (Wildman–Crippen MR) is 141 cm³/mol. The standard InChI is InChI=1S/C31H26N2O3/c1-23-7-9-26(10-8-23)22-36-30-17-13-28(14-18-30)33-31(34)27(20-32)19-24-11-15-29(16-12-24)35-21-25-5-3-2-4-6-25/h2-19H,21-22H2,1H3,(H,33,34)/b27-19+. The highest BCUT2D eigenvalue weighted by molar-refractivity contribution is 6.09. The van der Waals surface area contributed by atoms with Crippen LogP contribution in [0.1, 0.15) is 22.3 Å². The lowest BCUT2D eigenvalue weighted by Gasteiger charge is -2.09. The maximum atomic E-state index is 12.6. The third-order valence-corrected chi connectivity index (χ3v) is 5.44. The molecule has 0 aliphatic rings. The smallest absolute Gasteiger partial charge is 0.266 e. The molecule has 5 nitrogen and oxygen atoms in total. The summed E-state index contributed by atoms with van der Waals surface area (Å²) in [6, 6.07) is 34.4. The van der Waals surface area contributed by atoms with Crippen LogP contribution < -0.4 is 14.8 Å². The number of aryl methyl sites for hydroxylation is 1. The Balaban J connectivity index is 1.31. The van der Waals surface area contributed by atoms with Gasteiger partial charge in [-0.3, -0.25) is 4.79 Å². The summed E-state index contributed by atoms with van der Waals surface area (Å²) >= 11 is 0. The van der Waals surface area contributed by atoms with Gasteiger partial charge in [0.1, 0.15) is 36.4 Å². The van der Waals surface area contributed by atoms with Crippen LogP contribution in [-0.2, 0) is 18.0 Å². The lowest BCUT2D eigenvalue weighted by atomic mass is 10.1. The number of amides is 1. The summed E-state index contributed by atoms with van der Waals surface area (Å²) in [6.45, 7) is 2.98. The van der Waals surface area contributed by atoms with Crippen LogP contribution >= 0.6 is 0 Å². The largest absolute Gasteiger partial charge is 0.489 e. The number of hydrogen-bond donors (Lipinski definition) is 1. The van der Waals surface area contributed by atoms with Crippen molar-refractivity contribution in [2.75, 3.05) is 5.32 Å². The van der Waals surface area contributed by atoms with E-state index in [2.05, 4.69) is 5.32 Å². The summed E-state index contributed by atoms with van der Waals surface area (Å²) in [4.78, 5) is 12.6. The molecule has 4 rings (SSSR count). The molecule has 36 heavy (non-hydrogen) atoms. The van der Waals surface area contributed by atoms with Crippen molar-refractivity contribution in [3.63, 3.8) is 0 Å². The Morgan fingerprint density at radius 3 is 1.92 bits per heavy atom. The molecule has 0 heterocycles. The Kier molecular flexibility index (Phi) is 8.14. The molecule has 0 atom stereocenters. The fraction of sp³-hybridized carbons (Fsp3) is 0.0968. The molecule has 0 radical (unpaired) electrons. The van der Waals surface area contributed by atoms with Crippen LogP contribution in [0.15, 0.2) is 109 Å². The van der Waals surface area contributed by atoms with Gasteiger partial charge < -0.3 is 14.8 Å². The molecule has 0 spiro atoms. The second-order valence-electron chi connectivity index (χ2n) is 8.27. The summed E-state index contributed by atoms with van der Waals surface area (Å²) < 4.78 is 11.6. The number of carbonyl (C=O) groups excluding carboxylic acids is 1. The Hall–Kier alpha value is -4.82. The molecule has 4 aromatic carbocycles. The minimum atomic E-state index is -0.477. The zero-order valence-electron chi connectivity index (χ0n) is 20.0. The molecule has 0 fully saturated rings. The van der Waals surface area contributed by atoms with Gasteiger partial charge >= 0.3 is 0 Å². The first-order chi connectivity index (χ1) is 17.6. The topological polar surface area (TPSA) is 71.3 Å². The van der Waals surface area contributed by atoms with Crippen molar-refractivity contribution in [1.29, 1.82) is 5.26 Å². The van der Waals surface area contributed by atoms with Crippen LogP contribution in [0.4, 0.5) is 5.69 Å². The van der Waals surface area contributed by atoms with Gasteiger partial charge in [-0.1, -0.05) is 72.3 Å². The van der Waals surface area contributed by atoms with Crippen molar-refractivity contribution < 1.29 is 14.3 Å². The maximum Gasteiger partial charge on any atom is 0.266 e. The molecular weight excluding hydrogens is 448 g/mol. The number of nitrogens with zero attached hydrogens (tertiary/aromatic N) is 1. The highest BCUT2D eigenvalue weighted by atomic mass is 16.5. The van der Waals surface area contributed by atoms with Crippen molar-refractivity contribution in [3.05, 3.63) is 131 Å². The van der Waals surface area contributed by atoms with Crippen molar-refractivity contribution >= 4 is 17.7 Å². The molecule has 0 aliphatic carbocycles. The molecule has 0 unspecified atom stereocenters. The molecule has 1 amide bonds. The fourth-order valence-corrected chi connectivity index (χ4v) is 3.40. The molecule has 1 N–H and O–H groups in total. The van der Waals surface area contributed by atoms with Crippen molar-refractivity contribution in [2.24, 2.45) is 0 Å². The zero-order valence-corrected chi connectivity index (χ0v) is 20.0. The molecule has 178 valence electrons. The molecule has 4 aromatic rings. The van der Waals surface area contributed by atoms with Gasteiger partial charge in [0.05, 0.1) is 0 Å². The van der Waals surface area contributed by atoms with Crippen LogP contribution in [0.25, 0.3) is 6.08 Å².